The lowest BCUT2D eigenvalue weighted by Gasteiger charge is -2.10. The maximum atomic E-state index is 11.9. The summed E-state index contributed by atoms with van der Waals surface area (Å²) in [4.78, 5) is 16.2. The highest BCUT2D eigenvalue weighted by Gasteiger charge is 2.04. The molecular formula is C19H24ClIN4O. The summed E-state index contributed by atoms with van der Waals surface area (Å²) in [6.07, 6.45) is 0. The highest BCUT2D eigenvalue weighted by molar-refractivity contribution is 14.0. The minimum absolute atomic E-state index is 0. The molecule has 0 saturated carbocycles. The van der Waals surface area contributed by atoms with E-state index in [4.69, 9.17) is 17.3 Å². The van der Waals surface area contributed by atoms with Crippen molar-refractivity contribution in [2.75, 3.05) is 18.4 Å². The number of carbonyl (C=O) groups excluding carboxylic acids is 1. The van der Waals surface area contributed by atoms with Crippen molar-refractivity contribution < 1.29 is 4.79 Å². The van der Waals surface area contributed by atoms with Gasteiger partial charge >= 0.3 is 0 Å². The minimum Gasteiger partial charge on any atom is -0.370 e. The van der Waals surface area contributed by atoms with Crippen LogP contribution < -0.4 is 16.4 Å². The van der Waals surface area contributed by atoms with Crippen LogP contribution >= 0.6 is 35.6 Å². The molecule has 26 heavy (non-hydrogen) atoms. The summed E-state index contributed by atoms with van der Waals surface area (Å²) in [5, 5.41) is 6.45. The third-order valence-corrected chi connectivity index (χ3v) is 3.86. The zero-order chi connectivity index (χ0) is 18.2. The lowest BCUT2D eigenvalue weighted by atomic mass is 10.0. The molecule has 4 N–H and O–H groups in total. The number of hydrogen-bond donors (Lipinski definition) is 3. The highest BCUT2D eigenvalue weighted by atomic mass is 127. The predicted molar refractivity (Wildman–Crippen MR) is 120 cm³/mol. The van der Waals surface area contributed by atoms with E-state index in [1.54, 1.807) is 24.3 Å². The van der Waals surface area contributed by atoms with E-state index in [2.05, 4.69) is 41.6 Å². The van der Waals surface area contributed by atoms with Crippen molar-refractivity contribution in [3.63, 3.8) is 0 Å². The average molecular weight is 487 g/mol. The molecule has 0 aliphatic carbocycles. The van der Waals surface area contributed by atoms with Crippen LogP contribution in [0.1, 0.15) is 35.7 Å². The van der Waals surface area contributed by atoms with Gasteiger partial charge in [-0.2, -0.15) is 0 Å². The van der Waals surface area contributed by atoms with Gasteiger partial charge in [-0.15, -0.1) is 24.0 Å². The molecule has 0 bridgehead atoms. The van der Waals surface area contributed by atoms with Crippen molar-refractivity contribution in [1.82, 2.24) is 5.32 Å². The second kappa shape index (κ2) is 11.0. The average Bonchev–Trinajstić information content (AvgIpc) is 2.59. The van der Waals surface area contributed by atoms with Crippen LogP contribution in [0.3, 0.4) is 0 Å². The third-order valence-electron chi connectivity index (χ3n) is 3.61. The number of aliphatic imine (C=N–C) groups is 1. The van der Waals surface area contributed by atoms with Gasteiger partial charge in [0.1, 0.15) is 0 Å². The Balaban J connectivity index is 0.00000338. The number of halogens is 2. The van der Waals surface area contributed by atoms with Crippen LogP contribution in [0.15, 0.2) is 53.5 Å². The fraction of sp³-hybridized carbons (Fsp3) is 0.263. The Kier molecular flexibility index (Phi) is 9.43. The first kappa shape index (κ1) is 22.2. The molecule has 1 amide bonds. The second-order valence-corrected chi connectivity index (χ2v) is 6.37. The molecule has 7 heteroatoms. The molecule has 0 aromatic heterocycles. The van der Waals surface area contributed by atoms with Crippen molar-refractivity contribution in [1.29, 1.82) is 0 Å². The van der Waals surface area contributed by atoms with Crippen LogP contribution in [0.2, 0.25) is 5.02 Å². The fourth-order valence-corrected chi connectivity index (χ4v) is 2.34. The summed E-state index contributed by atoms with van der Waals surface area (Å²) in [5.74, 6) is 0.604. The van der Waals surface area contributed by atoms with Crippen LogP contribution in [0, 0.1) is 0 Å². The molecule has 2 aromatic carbocycles. The molecule has 0 saturated heterocycles. The standard InChI is InChI=1S/C19H23ClN4O.HI/c1-13(2)15-4-3-5-17(12-15)24-19(21)23-11-10-22-18(25)14-6-8-16(20)9-7-14;/h3-9,12-13H,10-11H2,1-2H3,(H,22,25)(H3,21,23,24);1H. The van der Waals surface area contributed by atoms with Crippen molar-refractivity contribution in [2.45, 2.75) is 19.8 Å². The Morgan fingerprint density at radius 1 is 1.19 bits per heavy atom. The lowest BCUT2D eigenvalue weighted by molar-refractivity contribution is 0.0955. The highest BCUT2D eigenvalue weighted by Crippen LogP contribution is 2.18. The number of amides is 1. The number of nitrogens with zero attached hydrogens (tertiary/aromatic N) is 1. The van der Waals surface area contributed by atoms with E-state index in [1.165, 1.54) is 5.56 Å². The fourth-order valence-electron chi connectivity index (χ4n) is 2.21. The van der Waals surface area contributed by atoms with Crippen LogP contribution in [-0.4, -0.2) is 25.0 Å². The van der Waals surface area contributed by atoms with E-state index in [0.717, 1.165) is 5.69 Å². The Hall–Kier alpha value is -1.80. The molecular weight excluding hydrogens is 463 g/mol. The first-order chi connectivity index (χ1) is 12.0. The Labute approximate surface area is 176 Å². The van der Waals surface area contributed by atoms with Crippen LogP contribution in [0.5, 0.6) is 0 Å². The number of benzene rings is 2. The normalized spacial score (nSPS) is 11.0. The van der Waals surface area contributed by atoms with E-state index < -0.39 is 0 Å². The zero-order valence-electron chi connectivity index (χ0n) is 14.8. The quantitative estimate of drug-likeness (QED) is 0.247. The van der Waals surface area contributed by atoms with Gasteiger partial charge in [0.2, 0.25) is 0 Å². The summed E-state index contributed by atoms with van der Waals surface area (Å²) in [7, 11) is 0. The number of anilines is 1. The number of guanidine groups is 1. The number of hydrogen-bond acceptors (Lipinski definition) is 2. The summed E-state index contributed by atoms with van der Waals surface area (Å²) in [5.41, 5.74) is 8.58. The first-order valence-electron chi connectivity index (χ1n) is 8.16. The molecule has 2 aromatic rings. The molecule has 0 aliphatic heterocycles. The monoisotopic (exact) mass is 486 g/mol. The topological polar surface area (TPSA) is 79.5 Å². The summed E-state index contributed by atoms with van der Waals surface area (Å²) >= 11 is 5.80. The van der Waals surface area contributed by atoms with Gasteiger partial charge in [-0.1, -0.05) is 37.6 Å². The largest absolute Gasteiger partial charge is 0.370 e. The Morgan fingerprint density at radius 2 is 1.88 bits per heavy atom. The molecule has 2 rings (SSSR count). The second-order valence-electron chi connectivity index (χ2n) is 5.93. The van der Waals surface area contributed by atoms with Gasteiger partial charge in [-0.25, -0.2) is 0 Å². The van der Waals surface area contributed by atoms with Crippen molar-refractivity contribution in [3.05, 3.63) is 64.7 Å². The van der Waals surface area contributed by atoms with E-state index in [-0.39, 0.29) is 29.9 Å². The van der Waals surface area contributed by atoms with Gasteiger partial charge in [0.05, 0.1) is 6.54 Å². The van der Waals surface area contributed by atoms with Crippen LogP contribution in [0.4, 0.5) is 5.69 Å². The molecule has 0 radical (unpaired) electrons. The van der Waals surface area contributed by atoms with Gasteiger partial charge < -0.3 is 16.4 Å². The zero-order valence-corrected chi connectivity index (χ0v) is 17.9. The number of rotatable bonds is 6. The van der Waals surface area contributed by atoms with Crippen molar-refractivity contribution in [2.24, 2.45) is 10.7 Å². The first-order valence-corrected chi connectivity index (χ1v) is 8.54. The molecule has 0 unspecified atom stereocenters. The van der Waals surface area contributed by atoms with E-state index in [1.807, 2.05) is 12.1 Å². The summed E-state index contributed by atoms with van der Waals surface area (Å²) < 4.78 is 0. The van der Waals surface area contributed by atoms with E-state index in [9.17, 15) is 4.79 Å². The maximum Gasteiger partial charge on any atom is 0.251 e. The Morgan fingerprint density at radius 3 is 2.54 bits per heavy atom. The molecule has 140 valence electrons. The van der Waals surface area contributed by atoms with Gasteiger partial charge in [-0.05, 0) is 47.9 Å². The van der Waals surface area contributed by atoms with E-state index in [0.29, 0.717) is 35.6 Å². The summed E-state index contributed by atoms with van der Waals surface area (Å²) in [6, 6.07) is 14.8. The van der Waals surface area contributed by atoms with Gasteiger partial charge in [0.15, 0.2) is 5.96 Å². The molecule has 0 fully saturated rings. The molecule has 0 aliphatic rings. The van der Waals surface area contributed by atoms with Gasteiger partial charge in [0.25, 0.3) is 5.91 Å². The Bertz CT molecular complexity index is 747. The number of carbonyl (C=O) groups is 1. The SMILES string of the molecule is CC(C)c1cccc(NC(N)=NCCNC(=O)c2ccc(Cl)cc2)c1.I. The maximum absolute atomic E-state index is 11.9. The number of nitrogens with one attached hydrogen (secondary N) is 2. The molecule has 0 heterocycles. The third kappa shape index (κ3) is 7.21. The molecule has 0 spiro atoms. The van der Waals surface area contributed by atoms with Crippen molar-refractivity contribution >= 4 is 53.1 Å². The smallest absolute Gasteiger partial charge is 0.251 e. The van der Waals surface area contributed by atoms with Crippen LogP contribution in [-0.2, 0) is 0 Å². The van der Waals surface area contributed by atoms with Crippen molar-refractivity contribution in [3.8, 4) is 0 Å². The molecule has 0 atom stereocenters. The van der Waals surface area contributed by atoms with Crippen LogP contribution in [0.25, 0.3) is 0 Å². The van der Waals surface area contributed by atoms with Gasteiger partial charge in [-0.3, -0.25) is 9.79 Å². The number of nitrogens with two attached hydrogens (primary N) is 1. The van der Waals surface area contributed by atoms with E-state index >= 15 is 0 Å². The van der Waals surface area contributed by atoms with Gasteiger partial charge in [0, 0.05) is 22.8 Å². The predicted octanol–water partition coefficient (Wildman–Crippen LogP) is 4.24. The minimum atomic E-state index is -0.164. The molecule has 5 nitrogen and oxygen atoms in total. The lowest BCUT2D eigenvalue weighted by Crippen LogP contribution is -2.28. The summed E-state index contributed by atoms with van der Waals surface area (Å²) in [6.45, 7) is 5.07.